The average molecular weight is 245 g/mol. The Morgan fingerprint density at radius 3 is 2.94 bits per heavy atom. The lowest BCUT2D eigenvalue weighted by Crippen LogP contribution is -2.00. The number of rotatable bonds is 2. The minimum Gasteiger partial charge on any atom is -0.497 e. The minimum atomic E-state index is -1.04. The highest BCUT2D eigenvalue weighted by atomic mass is 16.5. The van der Waals surface area contributed by atoms with Crippen LogP contribution in [0.1, 0.15) is 10.5 Å². The molecule has 18 heavy (non-hydrogen) atoms. The van der Waals surface area contributed by atoms with Crippen LogP contribution in [0.2, 0.25) is 0 Å². The fourth-order valence-electron chi connectivity index (χ4n) is 2.17. The Bertz CT molecular complexity index is 770. The van der Waals surface area contributed by atoms with E-state index in [-0.39, 0.29) is 5.69 Å². The van der Waals surface area contributed by atoms with E-state index in [2.05, 4.69) is 10.1 Å². The smallest absolute Gasteiger partial charge is 0.357 e. The predicted molar refractivity (Wildman–Crippen MR) is 66.1 cm³/mol. The Kier molecular flexibility index (Phi) is 2.07. The van der Waals surface area contributed by atoms with E-state index >= 15 is 0 Å². The van der Waals surface area contributed by atoms with Crippen LogP contribution in [-0.4, -0.2) is 33.0 Å². The van der Waals surface area contributed by atoms with Gasteiger partial charge >= 0.3 is 5.97 Å². The van der Waals surface area contributed by atoms with Crippen molar-refractivity contribution in [3.05, 3.63) is 23.9 Å². The van der Waals surface area contributed by atoms with Gasteiger partial charge in [-0.1, -0.05) is 0 Å². The first kappa shape index (κ1) is 10.6. The summed E-state index contributed by atoms with van der Waals surface area (Å²) in [6.45, 7) is 0. The van der Waals surface area contributed by atoms with E-state index in [1.54, 1.807) is 14.2 Å². The van der Waals surface area contributed by atoms with Crippen molar-refractivity contribution in [1.29, 1.82) is 0 Å². The van der Waals surface area contributed by atoms with E-state index in [1.807, 2.05) is 18.2 Å². The highest BCUT2D eigenvalue weighted by Gasteiger charge is 2.19. The molecule has 0 fully saturated rings. The number of nitrogens with zero attached hydrogens (tertiary/aromatic N) is 2. The Balaban J connectivity index is 2.48. The van der Waals surface area contributed by atoms with Gasteiger partial charge in [-0.05, 0) is 18.2 Å². The number of benzene rings is 1. The van der Waals surface area contributed by atoms with Gasteiger partial charge in [0.1, 0.15) is 11.4 Å². The molecule has 6 heteroatoms. The summed E-state index contributed by atoms with van der Waals surface area (Å²) in [5.41, 5.74) is 1.60. The Morgan fingerprint density at radius 2 is 2.28 bits per heavy atom. The summed E-state index contributed by atoms with van der Waals surface area (Å²) in [6, 6.07) is 5.49. The summed E-state index contributed by atoms with van der Waals surface area (Å²) in [6.07, 6.45) is 0. The van der Waals surface area contributed by atoms with Crippen molar-refractivity contribution in [3.63, 3.8) is 0 Å². The zero-order valence-electron chi connectivity index (χ0n) is 9.89. The molecule has 3 rings (SSSR count). The Morgan fingerprint density at radius 1 is 1.50 bits per heavy atom. The van der Waals surface area contributed by atoms with Crippen LogP contribution < -0.4 is 4.74 Å². The van der Waals surface area contributed by atoms with Crippen molar-refractivity contribution in [2.24, 2.45) is 7.05 Å². The van der Waals surface area contributed by atoms with Crippen LogP contribution in [0.25, 0.3) is 21.9 Å². The number of hydrogen-bond donors (Lipinski definition) is 2. The predicted octanol–water partition coefficient (Wildman–Crippen LogP) is 1.76. The number of carboxylic acids is 1. The summed E-state index contributed by atoms with van der Waals surface area (Å²) in [5, 5.41) is 14.6. The molecule has 2 aromatic heterocycles. The van der Waals surface area contributed by atoms with Crippen LogP contribution >= 0.6 is 0 Å². The molecule has 6 nitrogen and oxygen atoms in total. The second kappa shape index (κ2) is 3.49. The molecule has 0 saturated heterocycles. The first-order valence-corrected chi connectivity index (χ1v) is 5.37. The maximum atomic E-state index is 11.2. The number of carboxylic acid groups (broad SMARTS) is 1. The number of aromatic amines is 1. The first-order valence-electron chi connectivity index (χ1n) is 5.37. The van der Waals surface area contributed by atoms with Crippen molar-refractivity contribution in [3.8, 4) is 5.75 Å². The number of carbonyl (C=O) groups is 1. The summed E-state index contributed by atoms with van der Waals surface area (Å²) < 4.78 is 6.69. The van der Waals surface area contributed by atoms with E-state index in [0.29, 0.717) is 16.8 Å². The third-order valence-electron chi connectivity index (χ3n) is 3.00. The van der Waals surface area contributed by atoms with E-state index in [9.17, 15) is 9.90 Å². The molecule has 0 aliphatic heterocycles. The second-order valence-electron chi connectivity index (χ2n) is 4.04. The van der Waals surface area contributed by atoms with Gasteiger partial charge in [0.25, 0.3) is 0 Å². The maximum Gasteiger partial charge on any atom is 0.357 e. The van der Waals surface area contributed by atoms with Gasteiger partial charge in [0.05, 0.1) is 12.5 Å². The molecule has 0 amide bonds. The van der Waals surface area contributed by atoms with Crippen molar-refractivity contribution >= 4 is 27.9 Å². The first-order chi connectivity index (χ1) is 8.61. The number of aryl methyl sites for hydroxylation is 1. The van der Waals surface area contributed by atoms with Crippen molar-refractivity contribution in [2.75, 3.05) is 7.11 Å². The molecule has 1 aromatic carbocycles. The third-order valence-corrected chi connectivity index (χ3v) is 3.00. The third kappa shape index (κ3) is 1.29. The summed E-state index contributed by atoms with van der Waals surface area (Å²) in [5.74, 6) is -0.354. The lowest BCUT2D eigenvalue weighted by molar-refractivity contribution is 0.0691. The molecular formula is C12H11N3O3. The van der Waals surface area contributed by atoms with Crippen LogP contribution in [0, 0.1) is 0 Å². The normalized spacial score (nSPS) is 11.2. The van der Waals surface area contributed by atoms with E-state index in [1.165, 1.54) is 4.68 Å². The number of aromatic nitrogens is 3. The maximum absolute atomic E-state index is 11.2. The van der Waals surface area contributed by atoms with Crippen LogP contribution in [0.15, 0.2) is 18.2 Å². The van der Waals surface area contributed by atoms with Crippen LogP contribution in [-0.2, 0) is 7.05 Å². The molecular weight excluding hydrogens is 234 g/mol. The molecule has 3 aromatic rings. The molecule has 0 atom stereocenters. The van der Waals surface area contributed by atoms with Gasteiger partial charge in [-0.25, -0.2) is 4.79 Å². The fourth-order valence-corrected chi connectivity index (χ4v) is 2.17. The number of fused-ring (bicyclic) bond motifs is 3. The van der Waals surface area contributed by atoms with Crippen LogP contribution in [0.4, 0.5) is 0 Å². The minimum absolute atomic E-state index is 0.0482. The number of H-pyrrole nitrogens is 1. The van der Waals surface area contributed by atoms with Gasteiger partial charge in [-0.2, -0.15) is 5.10 Å². The van der Waals surface area contributed by atoms with Gasteiger partial charge in [0, 0.05) is 18.0 Å². The highest BCUT2D eigenvalue weighted by molar-refractivity contribution is 6.14. The zero-order valence-corrected chi connectivity index (χ0v) is 9.89. The summed E-state index contributed by atoms with van der Waals surface area (Å²) >= 11 is 0. The quantitative estimate of drug-likeness (QED) is 0.721. The summed E-state index contributed by atoms with van der Waals surface area (Å²) in [7, 11) is 3.29. The SMILES string of the molecule is COc1ccc2[nH]c3c(c(C(=O)O)nn3C)c2c1. The van der Waals surface area contributed by atoms with E-state index in [0.717, 1.165) is 10.9 Å². The van der Waals surface area contributed by atoms with E-state index < -0.39 is 5.97 Å². The highest BCUT2D eigenvalue weighted by Crippen LogP contribution is 2.30. The van der Waals surface area contributed by atoms with E-state index in [4.69, 9.17) is 4.74 Å². The molecule has 0 aliphatic carbocycles. The molecule has 2 N–H and O–H groups in total. The van der Waals surface area contributed by atoms with Gasteiger partial charge in [0.15, 0.2) is 5.69 Å². The number of hydrogen-bond acceptors (Lipinski definition) is 3. The van der Waals surface area contributed by atoms with Gasteiger partial charge in [0.2, 0.25) is 0 Å². The number of nitrogens with one attached hydrogen (secondary N) is 1. The van der Waals surface area contributed by atoms with Crippen LogP contribution in [0.3, 0.4) is 0 Å². The lowest BCUT2D eigenvalue weighted by Gasteiger charge is -1.98. The van der Waals surface area contributed by atoms with Gasteiger partial charge in [-0.3, -0.25) is 4.68 Å². The average Bonchev–Trinajstić information content (AvgIpc) is 2.87. The standard InChI is InChI=1S/C12H11N3O3/c1-15-11-9(10(14-15)12(16)17)7-5-6(18-2)3-4-8(7)13-11/h3-5,13H,1-2H3,(H,16,17). The zero-order chi connectivity index (χ0) is 12.9. The van der Waals surface area contributed by atoms with Crippen LogP contribution in [0.5, 0.6) is 5.75 Å². The summed E-state index contributed by atoms with van der Waals surface area (Å²) in [4.78, 5) is 14.4. The monoisotopic (exact) mass is 245 g/mol. The van der Waals surface area contributed by atoms with Crippen molar-refractivity contribution in [2.45, 2.75) is 0 Å². The molecule has 0 unspecified atom stereocenters. The fraction of sp³-hybridized carbons (Fsp3) is 0.167. The number of aromatic carboxylic acids is 1. The van der Waals surface area contributed by atoms with Crippen molar-refractivity contribution in [1.82, 2.24) is 14.8 Å². The molecule has 0 radical (unpaired) electrons. The van der Waals surface area contributed by atoms with Gasteiger partial charge in [-0.15, -0.1) is 0 Å². The molecule has 0 bridgehead atoms. The number of methoxy groups -OCH3 is 1. The van der Waals surface area contributed by atoms with Crippen molar-refractivity contribution < 1.29 is 14.6 Å². The largest absolute Gasteiger partial charge is 0.497 e. The molecule has 0 aliphatic rings. The molecule has 92 valence electrons. The topological polar surface area (TPSA) is 80.1 Å². The molecule has 0 saturated carbocycles. The molecule has 2 heterocycles. The lowest BCUT2D eigenvalue weighted by atomic mass is 10.1. The number of ether oxygens (including phenoxy) is 1. The Hall–Kier alpha value is -2.50. The van der Waals surface area contributed by atoms with Gasteiger partial charge < -0.3 is 14.8 Å². The molecule has 0 spiro atoms. The second-order valence-corrected chi connectivity index (χ2v) is 4.04. The Labute approximate surface area is 102 Å².